The van der Waals surface area contributed by atoms with Crippen molar-refractivity contribution in [3.05, 3.63) is 73.0 Å². The first-order chi connectivity index (χ1) is 16.0. The van der Waals surface area contributed by atoms with Crippen LogP contribution in [0, 0.1) is 11.6 Å². The average Bonchev–Trinajstić information content (AvgIpc) is 3.31. The SMILES string of the molecule is C=CC(=O)Nc1cccc(Nc2nc(Nc3ccc(OC4CCOC4)c(F)c3)ncc2F)c1. The second kappa shape index (κ2) is 10.0. The van der Waals surface area contributed by atoms with Crippen LogP contribution < -0.4 is 20.7 Å². The van der Waals surface area contributed by atoms with E-state index in [1.54, 1.807) is 30.3 Å². The molecule has 0 aliphatic carbocycles. The Hall–Kier alpha value is -4.05. The van der Waals surface area contributed by atoms with E-state index in [1.165, 1.54) is 12.1 Å². The first-order valence-corrected chi connectivity index (χ1v) is 10.1. The van der Waals surface area contributed by atoms with Crippen LogP contribution in [-0.2, 0) is 9.53 Å². The molecule has 1 atom stereocenters. The number of halogens is 2. The third-order valence-corrected chi connectivity index (χ3v) is 4.69. The summed E-state index contributed by atoms with van der Waals surface area (Å²) in [5.41, 5.74) is 1.36. The predicted octanol–water partition coefficient (Wildman–Crippen LogP) is 4.53. The van der Waals surface area contributed by atoms with Crippen molar-refractivity contribution >= 4 is 34.7 Å². The molecule has 170 valence electrons. The standard InChI is InChI=1S/C23H21F2N5O3/c1-2-21(31)27-14-4-3-5-15(10-14)28-22-19(25)12-26-23(30-22)29-16-6-7-20(18(24)11-16)33-17-8-9-32-13-17/h2-7,10-12,17H,1,8-9,13H2,(H,27,31)(H2,26,28,29,30). The number of benzene rings is 2. The molecule has 1 aliphatic heterocycles. The minimum absolute atomic E-state index is 0.0623. The van der Waals surface area contributed by atoms with Gasteiger partial charge in [-0.2, -0.15) is 4.98 Å². The molecule has 1 aliphatic rings. The fraction of sp³-hybridized carbons (Fsp3) is 0.174. The molecule has 3 aromatic rings. The number of nitrogens with zero attached hydrogens (tertiary/aromatic N) is 2. The maximum atomic E-state index is 14.4. The third kappa shape index (κ3) is 5.80. The number of amides is 1. The Morgan fingerprint density at radius 1 is 1.12 bits per heavy atom. The Morgan fingerprint density at radius 2 is 1.94 bits per heavy atom. The minimum Gasteiger partial charge on any atom is -0.485 e. The van der Waals surface area contributed by atoms with Crippen molar-refractivity contribution in [2.75, 3.05) is 29.2 Å². The molecular weight excluding hydrogens is 432 g/mol. The number of rotatable bonds is 8. The molecule has 3 N–H and O–H groups in total. The van der Waals surface area contributed by atoms with Crippen LogP contribution in [0.3, 0.4) is 0 Å². The second-order valence-electron chi connectivity index (χ2n) is 7.16. The molecule has 0 radical (unpaired) electrons. The maximum absolute atomic E-state index is 14.4. The Bertz CT molecular complexity index is 1170. The number of ether oxygens (including phenoxy) is 2. The molecule has 1 unspecified atom stereocenters. The van der Waals surface area contributed by atoms with E-state index in [0.717, 1.165) is 12.3 Å². The number of nitrogens with one attached hydrogen (secondary N) is 3. The summed E-state index contributed by atoms with van der Waals surface area (Å²) in [5.74, 6) is -1.51. The van der Waals surface area contributed by atoms with E-state index in [9.17, 15) is 13.6 Å². The lowest BCUT2D eigenvalue weighted by molar-refractivity contribution is -0.111. The van der Waals surface area contributed by atoms with Crippen molar-refractivity contribution in [3.63, 3.8) is 0 Å². The first-order valence-electron chi connectivity index (χ1n) is 10.1. The summed E-state index contributed by atoms with van der Waals surface area (Å²) in [6.45, 7) is 4.43. The van der Waals surface area contributed by atoms with E-state index in [-0.39, 0.29) is 29.5 Å². The van der Waals surface area contributed by atoms with Gasteiger partial charge >= 0.3 is 0 Å². The molecule has 10 heteroatoms. The molecule has 1 aromatic heterocycles. The van der Waals surface area contributed by atoms with Gasteiger partial charge in [-0.3, -0.25) is 4.79 Å². The van der Waals surface area contributed by atoms with Gasteiger partial charge in [0.1, 0.15) is 6.10 Å². The highest BCUT2D eigenvalue weighted by atomic mass is 19.1. The zero-order valence-corrected chi connectivity index (χ0v) is 17.5. The lowest BCUT2D eigenvalue weighted by Crippen LogP contribution is -2.16. The van der Waals surface area contributed by atoms with Crippen molar-refractivity contribution in [2.24, 2.45) is 0 Å². The van der Waals surface area contributed by atoms with E-state index in [2.05, 4.69) is 32.5 Å². The van der Waals surface area contributed by atoms with Crippen molar-refractivity contribution < 1.29 is 23.0 Å². The summed E-state index contributed by atoms with van der Waals surface area (Å²) in [6.07, 6.45) is 2.68. The molecule has 1 amide bonds. The van der Waals surface area contributed by atoms with E-state index in [0.29, 0.717) is 36.7 Å². The van der Waals surface area contributed by atoms with Gasteiger partial charge in [-0.1, -0.05) is 12.6 Å². The fourth-order valence-corrected chi connectivity index (χ4v) is 3.11. The van der Waals surface area contributed by atoms with Gasteiger partial charge in [0.2, 0.25) is 11.9 Å². The highest BCUT2D eigenvalue weighted by Crippen LogP contribution is 2.26. The molecule has 0 saturated carbocycles. The van der Waals surface area contributed by atoms with Gasteiger partial charge < -0.3 is 25.4 Å². The molecule has 33 heavy (non-hydrogen) atoms. The fourth-order valence-electron chi connectivity index (χ4n) is 3.11. The van der Waals surface area contributed by atoms with Crippen LogP contribution in [0.15, 0.2) is 61.3 Å². The molecule has 2 aromatic carbocycles. The largest absolute Gasteiger partial charge is 0.485 e. The van der Waals surface area contributed by atoms with Crippen molar-refractivity contribution in [2.45, 2.75) is 12.5 Å². The van der Waals surface area contributed by atoms with Crippen molar-refractivity contribution in [1.82, 2.24) is 9.97 Å². The topological polar surface area (TPSA) is 97.4 Å². The van der Waals surface area contributed by atoms with Gasteiger partial charge in [0.05, 0.1) is 19.4 Å². The van der Waals surface area contributed by atoms with Crippen LogP contribution in [0.1, 0.15) is 6.42 Å². The molecule has 1 saturated heterocycles. The molecule has 2 heterocycles. The summed E-state index contributed by atoms with van der Waals surface area (Å²) in [6, 6.07) is 11.0. The average molecular weight is 453 g/mol. The van der Waals surface area contributed by atoms with Crippen LogP contribution in [0.5, 0.6) is 5.75 Å². The molecule has 4 rings (SSSR count). The Labute approximate surface area is 188 Å². The van der Waals surface area contributed by atoms with Crippen LogP contribution in [0.25, 0.3) is 0 Å². The van der Waals surface area contributed by atoms with Crippen LogP contribution >= 0.6 is 0 Å². The first kappa shape index (κ1) is 22.2. The van der Waals surface area contributed by atoms with Gasteiger partial charge in [-0.25, -0.2) is 13.8 Å². The molecular formula is C23H21F2N5O3. The van der Waals surface area contributed by atoms with E-state index in [4.69, 9.17) is 9.47 Å². The highest BCUT2D eigenvalue weighted by molar-refractivity contribution is 5.99. The number of hydrogen-bond donors (Lipinski definition) is 3. The van der Waals surface area contributed by atoms with Gasteiger partial charge in [-0.15, -0.1) is 0 Å². The zero-order valence-electron chi connectivity index (χ0n) is 17.5. The Balaban J connectivity index is 1.46. The van der Waals surface area contributed by atoms with Gasteiger partial charge in [0.25, 0.3) is 0 Å². The summed E-state index contributed by atoms with van der Waals surface area (Å²) in [4.78, 5) is 19.5. The van der Waals surface area contributed by atoms with Crippen molar-refractivity contribution in [3.8, 4) is 5.75 Å². The number of hydrogen-bond acceptors (Lipinski definition) is 7. The maximum Gasteiger partial charge on any atom is 0.247 e. The second-order valence-corrected chi connectivity index (χ2v) is 7.16. The Kier molecular flexibility index (Phi) is 6.75. The quantitative estimate of drug-likeness (QED) is 0.431. The van der Waals surface area contributed by atoms with E-state index >= 15 is 0 Å². The predicted molar refractivity (Wildman–Crippen MR) is 120 cm³/mol. The number of carbonyl (C=O) groups is 1. The van der Waals surface area contributed by atoms with Gasteiger partial charge in [0, 0.05) is 29.5 Å². The van der Waals surface area contributed by atoms with Crippen LogP contribution in [0.4, 0.5) is 37.6 Å². The Morgan fingerprint density at radius 3 is 2.70 bits per heavy atom. The monoisotopic (exact) mass is 453 g/mol. The third-order valence-electron chi connectivity index (χ3n) is 4.69. The normalized spacial score (nSPS) is 15.0. The number of carbonyl (C=O) groups excluding carboxylic acids is 1. The minimum atomic E-state index is -0.685. The van der Waals surface area contributed by atoms with Crippen molar-refractivity contribution in [1.29, 1.82) is 0 Å². The molecule has 0 bridgehead atoms. The summed E-state index contributed by atoms with van der Waals surface area (Å²) in [5, 5.41) is 8.31. The van der Waals surface area contributed by atoms with Crippen LogP contribution in [-0.4, -0.2) is 35.2 Å². The highest BCUT2D eigenvalue weighted by Gasteiger charge is 2.19. The lowest BCUT2D eigenvalue weighted by atomic mass is 10.2. The molecule has 1 fully saturated rings. The lowest BCUT2D eigenvalue weighted by Gasteiger charge is -2.14. The number of aromatic nitrogens is 2. The van der Waals surface area contributed by atoms with Gasteiger partial charge in [0.15, 0.2) is 23.2 Å². The summed E-state index contributed by atoms with van der Waals surface area (Å²) < 4.78 is 39.6. The van der Waals surface area contributed by atoms with E-state index < -0.39 is 11.6 Å². The molecule has 0 spiro atoms. The van der Waals surface area contributed by atoms with Gasteiger partial charge in [-0.05, 0) is 36.4 Å². The van der Waals surface area contributed by atoms with Crippen LogP contribution in [0.2, 0.25) is 0 Å². The number of anilines is 5. The smallest absolute Gasteiger partial charge is 0.247 e. The summed E-state index contributed by atoms with van der Waals surface area (Å²) >= 11 is 0. The molecule has 8 nitrogen and oxygen atoms in total. The van der Waals surface area contributed by atoms with E-state index in [1.807, 2.05) is 0 Å². The summed E-state index contributed by atoms with van der Waals surface area (Å²) in [7, 11) is 0. The zero-order chi connectivity index (χ0) is 23.2.